The summed E-state index contributed by atoms with van der Waals surface area (Å²) in [6.07, 6.45) is 8.54. The van der Waals surface area contributed by atoms with E-state index in [0.29, 0.717) is 53.6 Å². The number of nitrogen functional groups attached to an aromatic ring is 1. The molecule has 1 atom stereocenters. The van der Waals surface area contributed by atoms with Crippen LogP contribution in [0.5, 0.6) is 5.75 Å². The summed E-state index contributed by atoms with van der Waals surface area (Å²) in [5.41, 5.74) is 13.4. The summed E-state index contributed by atoms with van der Waals surface area (Å²) < 4.78 is 11.0. The average Bonchev–Trinajstić information content (AvgIpc) is 3.96. The van der Waals surface area contributed by atoms with Crippen LogP contribution in [0.15, 0.2) is 102 Å². The molecular formula is C44H42N8O5. The van der Waals surface area contributed by atoms with Crippen molar-refractivity contribution in [2.45, 2.75) is 38.6 Å². The van der Waals surface area contributed by atoms with Crippen molar-refractivity contribution in [2.75, 3.05) is 24.2 Å². The van der Waals surface area contributed by atoms with E-state index in [1.165, 1.54) is 0 Å². The van der Waals surface area contributed by atoms with Crippen molar-refractivity contribution in [3.63, 3.8) is 0 Å². The maximum absolute atomic E-state index is 13.5. The molecule has 3 aromatic carbocycles. The number of carbonyl (C=O) groups excluding carboxylic acids is 4. The molecule has 2 aliphatic heterocycles. The van der Waals surface area contributed by atoms with Gasteiger partial charge in [0.15, 0.2) is 11.6 Å². The van der Waals surface area contributed by atoms with Crippen molar-refractivity contribution >= 4 is 57.8 Å². The predicted molar refractivity (Wildman–Crippen MR) is 219 cm³/mol. The summed E-state index contributed by atoms with van der Waals surface area (Å²) >= 11 is 0. The molecule has 13 nitrogen and oxygen atoms in total. The molecule has 5 heterocycles. The van der Waals surface area contributed by atoms with E-state index in [2.05, 4.69) is 21.9 Å². The molecule has 288 valence electrons. The highest BCUT2D eigenvalue weighted by Crippen LogP contribution is 2.35. The number of hydrogen-bond acceptors (Lipinski definition) is 8. The van der Waals surface area contributed by atoms with Crippen molar-refractivity contribution in [1.29, 1.82) is 0 Å². The van der Waals surface area contributed by atoms with Crippen molar-refractivity contribution in [3.05, 3.63) is 126 Å². The number of fused-ring (bicyclic) bond motifs is 3. The fourth-order valence-corrected chi connectivity index (χ4v) is 7.50. The molecule has 13 heteroatoms. The van der Waals surface area contributed by atoms with Crippen LogP contribution in [0.4, 0.5) is 17.2 Å². The number of Topliss-reactive ketones (excluding diaryl/α,β-unsaturated/α-hetero) is 1. The number of imidazole rings is 1. The number of ether oxygens (including phenoxy) is 1. The molecule has 57 heavy (non-hydrogen) atoms. The number of ketones is 1. The lowest BCUT2D eigenvalue weighted by molar-refractivity contribution is -0.116. The maximum Gasteiger partial charge on any atom is 0.278 e. The van der Waals surface area contributed by atoms with Gasteiger partial charge in [0.05, 0.1) is 29.4 Å². The third-order valence-electron chi connectivity index (χ3n) is 10.5. The Morgan fingerprint density at radius 2 is 1.79 bits per heavy atom. The van der Waals surface area contributed by atoms with Crippen molar-refractivity contribution < 1.29 is 23.9 Å². The quantitative estimate of drug-likeness (QED) is 0.0646. The second-order valence-electron chi connectivity index (χ2n) is 14.8. The van der Waals surface area contributed by atoms with Gasteiger partial charge in [-0.2, -0.15) is 0 Å². The van der Waals surface area contributed by atoms with Crippen molar-refractivity contribution in [3.8, 4) is 16.9 Å². The molecule has 0 radical (unpaired) electrons. The largest absolute Gasteiger partial charge is 0.493 e. The van der Waals surface area contributed by atoms with Crippen LogP contribution in [0.2, 0.25) is 0 Å². The number of aryl methyl sites for hydroxylation is 3. The van der Waals surface area contributed by atoms with Gasteiger partial charge in [0, 0.05) is 81.0 Å². The van der Waals surface area contributed by atoms with E-state index >= 15 is 0 Å². The van der Waals surface area contributed by atoms with E-state index in [9.17, 15) is 19.2 Å². The Kier molecular flexibility index (Phi) is 9.66. The van der Waals surface area contributed by atoms with Crippen molar-refractivity contribution in [2.24, 2.45) is 19.1 Å². The van der Waals surface area contributed by atoms with Gasteiger partial charge in [-0.05, 0) is 72.9 Å². The Labute approximate surface area is 329 Å². The van der Waals surface area contributed by atoms with Crippen molar-refractivity contribution in [1.82, 2.24) is 23.6 Å². The molecule has 1 fully saturated rings. The third kappa shape index (κ3) is 7.39. The minimum atomic E-state index is -0.250. The lowest BCUT2D eigenvalue weighted by Gasteiger charge is -2.20. The van der Waals surface area contributed by atoms with Crippen LogP contribution in [0.1, 0.15) is 61.9 Å². The number of carbonyl (C=O) groups is 4. The van der Waals surface area contributed by atoms with Gasteiger partial charge >= 0.3 is 0 Å². The van der Waals surface area contributed by atoms with E-state index < -0.39 is 0 Å². The summed E-state index contributed by atoms with van der Waals surface area (Å²) in [7, 11) is 3.56. The lowest BCUT2D eigenvalue weighted by Crippen LogP contribution is -2.35. The van der Waals surface area contributed by atoms with Crippen LogP contribution >= 0.6 is 0 Å². The number of amides is 2. The molecule has 2 aliphatic rings. The molecule has 6 aromatic rings. The number of nitrogens with one attached hydrogen (secondary N) is 1. The normalized spacial score (nSPS) is 14.8. The van der Waals surface area contributed by atoms with Gasteiger partial charge in [-0.25, -0.2) is 4.98 Å². The van der Waals surface area contributed by atoms with Crippen LogP contribution in [0, 0.1) is 6.92 Å². The first kappa shape index (κ1) is 36.9. The summed E-state index contributed by atoms with van der Waals surface area (Å²) in [4.78, 5) is 63.6. The van der Waals surface area contributed by atoms with Crippen LogP contribution in [0.25, 0.3) is 22.0 Å². The van der Waals surface area contributed by atoms with Gasteiger partial charge < -0.3 is 29.8 Å². The molecule has 1 saturated heterocycles. The smallest absolute Gasteiger partial charge is 0.278 e. The highest BCUT2D eigenvalue weighted by Gasteiger charge is 2.34. The zero-order valence-electron chi connectivity index (χ0n) is 32.0. The molecule has 3 aromatic heterocycles. The summed E-state index contributed by atoms with van der Waals surface area (Å²) in [6, 6.07) is 20.3. The van der Waals surface area contributed by atoms with E-state index in [4.69, 9.17) is 10.5 Å². The van der Waals surface area contributed by atoms with Crippen LogP contribution in [-0.2, 0) is 25.3 Å². The Morgan fingerprint density at radius 3 is 2.60 bits per heavy atom. The first-order valence-electron chi connectivity index (χ1n) is 18.7. The summed E-state index contributed by atoms with van der Waals surface area (Å²) in [6.45, 7) is 6.74. The monoisotopic (exact) mass is 762 g/mol. The number of nitrogens with zero attached hydrogens (tertiary/aromatic N) is 6. The fourth-order valence-electron chi connectivity index (χ4n) is 7.50. The lowest BCUT2D eigenvalue weighted by atomic mass is 10.0. The number of rotatable bonds is 11. The van der Waals surface area contributed by atoms with Gasteiger partial charge in [0.2, 0.25) is 11.7 Å². The zero-order valence-corrected chi connectivity index (χ0v) is 32.0. The fraction of sp³-hybridized carbons (Fsp3) is 0.227. The number of anilines is 2. The molecule has 0 spiro atoms. The first-order valence-corrected chi connectivity index (χ1v) is 18.7. The van der Waals surface area contributed by atoms with E-state index in [0.717, 1.165) is 38.7 Å². The molecule has 2 amide bonds. The Hall–Kier alpha value is -7.02. The van der Waals surface area contributed by atoms with E-state index in [1.54, 1.807) is 51.8 Å². The molecule has 1 unspecified atom stereocenters. The molecule has 0 bridgehead atoms. The van der Waals surface area contributed by atoms with Crippen LogP contribution in [-0.4, -0.2) is 72.5 Å². The first-order chi connectivity index (χ1) is 27.4. The van der Waals surface area contributed by atoms with E-state index in [-0.39, 0.29) is 54.8 Å². The Morgan fingerprint density at radius 1 is 0.982 bits per heavy atom. The number of nitrogens with two attached hydrogens (primary N) is 1. The summed E-state index contributed by atoms with van der Waals surface area (Å²) in [5.74, 6) is 0.482. The SMILES string of the molecule is C=C1CC2C=Nc3cc(OCCCC(=O)Nc4cn(C)c(C(=O)Cc5ccc(-c6cc(C(=O)n7ccc8cc(N)ccc87)n(C)c6)cc5)n4)c(C)cc3C(=O)N2C1. The Balaban J connectivity index is 0.834. The number of aromatic nitrogens is 4. The molecule has 3 N–H and O–H groups in total. The minimum Gasteiger partial charge on any atom is -0.493 e. The number of hydrogen-bond donors (Lipinski definition) is 2. The van der Waals surface area contributed by atoms with Gasteiger partial charge in [-0.1, -0.05) is 36.4 Å². The van der Waals surface area contributed by atoms with Gasteiger partial charge in [0.1, 0.15) is 11.4 Å². The highest BCUT2D eigenvalue weighted by atomic mass is 16.5. The standard InChI is InChI=1S/C44H42N8O5/c1-26-16-33-22-46-35-21-39(27(2)17-34(35)43(55)52(33)23-26)57-15-5-6-41(54)47-40-25-50(4)42(48-40)38(53)18-28-7-9-29(10-8-28)31-20-37(49(3)24-31)44(56)51-14-13-30-19-32(45)11-12-36(30)51/h7-14,17,19-22,24-25,33H,1,5-6,15-16,18,23,45H2,2-4H3,(H,47,54). The third-order valence-corrected chi connectivity index (χ3v) is 10.5. The number of benzene rings is 3. The number of aliphatic imine (C=N–C) groups is 1. The Bertz CT molecular complexity index is 2640. The highest BCUT2D eigenvalue weighted by molar-refractivity contribution is 6.04. The topological polar surface area (TPSA) is 159 Å². The minimum absolute atomic E-state index is 0.0602. The average molecular weight is 763 g/mol. The van der Waals surface area contributed by atoms with Gasteiger partial charge in [-0.3, -0.25) is 28.7 Å². The van der Waals surface area contributed by atoms with Crippen LogP contribution < -0.4 is 15.8 Å². The van der Waals surface area contributed by atoms with E-state index in [1.807, 2.05) is 79.3 Å². The van der Waals surface area contributed by atoms with Crippen LogP contribution in [0.3, 0.4) is 0 Å². The molecular weight excluding hydrogens is 721 g/mol. The maximum atomic E-state index is 13.5. The van der Waals surface area contributed by atoms with Gasteiger partial charge in [-0.15, -0.1) is 0 Å². The predicted octanol–water partition coefficient (Wildman–Crippen LogP) is 6.67. The molecule has 0 saturated carbocycles. The molecule has 8 rings (SSSR count). The zero-order chi connectivity index (χ0) is 40.0. The second-order valence-corrected chi connectivity index (χ2v) is 14.8. The second kappa shape index (κ2) is 14.9. The summed E-state index contributed by atoms with van der Waals surface area (Å²) in [5, 5.41) is 3.68. The molecule has 0 aliphatic carbocycles. The van der Waals surface area contributed by atoms with Gasteiger partial charge in [0.25, 0.3) is 11.8 Å².